The third kappa shape index (κ3) is 2.90. The van der Waals surface area contributed by atoms with Gasteiger partial charge in [0.2, 0.25) is 11.7 Å². The van der Waals surface area contributed by atoms with Crippen molar-refractivity contribution in [1.29, 1.82) is 0 Å². The number of aromatic nitrogens is 5. The van der Waals surface area contributed by atoms with E-state index >= 15 is 0 Å². The third-order valence-electron chi connectivity index (χ3n) is 5.10. The number of rotatable bonds is 3. The van der Waals surface area contributed by atoms with Gasteiger partial charge in [-0.05, 0) is 32.1 Å². The molecule has 0 aromatic carbocycles. The zero-order valence-corrected chi connectivity index (χ0v) is 13.7. The number of carbonyl (C=O) groups is 1. The Morgan fingerprint density at radius 2 is 1.96 bits per heavy atom. The van der Waals surface area contributed by atoms with Crippen LogP contribution in [-0.2, 0) is 4.79 Å². The van der Waals surface area contributed by atoms with E-state index < -0.39 is 0 Å². The van der Waals surface area contributed by atoms with Crippen LogP contribution in [0.15, 0.2) is 18.6 Å². The molecule has 2 aromatic rings. The fraction of sp³-hybridized carbons (Fsp3) is 0.588. The SMILES string of the molecule is O=C(C1CCCC1)N1CCCCC1c1nc(-c2cnccn2)n[nH]1. The smallest absolute Gasteiger partial charge is 0.226 e. The number of hydrogen-bond acceptors (Lipinski definition) is 5. The summed E-state index contributed by atoms with van der Waals surface area (Å²) in [5.41, 5.74) is 0.643. The van der Waals surface area contributed by atoms with Crippen LogP contribution in [0.25, 0.3) is 11.5 Å². The predicted molar refractivity (Wildman–Crippen MR) is 87.7 cm³/mol. The van der Waals surface area contributed by atoms with Crippen LogP contribution in [0.1, 0.15) is 56.8 Å². The van der Waals surface area contributed by atoms with E-state index in [-0.39, 0.29) is 12.0 Å². The lowest BCUT2D eigenvalue weighted by Gasteiger charge is -2.36. The lowest BCUT2D eigenvalue weighted by molar-refractivity contribution is -0.139. The van der Waals surface area contributed by atoms with Gasteiger partial charge in [-0.25, -0.2) is 9.97 Å². The number of nitrogens with zero attached hydrogens (tertiary/aromatic N) is 5. The van der Waals surface area contributed by atoms with E-state index in [1.54, 1.807) is 18.6 Å². The second-order valence-electron chi connectivity index (χ2n) is 6.66. The number of nitrogens with one attached hydrogen (secondary N) is 1. The van der Waals surface area contributed by atoms with Crippen LogP contribution in [0.5, 0.6) is 0 Å². The van der Waals surface area contributed by atoms with Crippen molar-refractivity contribution in [3.63, 3.8) is 0 Å². The molecule has 1 aliphatic heterocycles. The highest BCUT2D eigenvalue weighted by molar-refractivity contribution is 5.79. The highest BCUT2D eigenvalue weighted by Gasteiger charge is 2.35. The lowest BCUT2D eigenvalue weighted by Crippen LogP contribution is -2.41. The van der Waals surface area contributed by atoms with Crippen molar-refractivity contribution < 1.29 is 4.79 Å². The van der Waals surface area contributed by atoms with Gasteiger partial charge in [0.15, 0.2) is 0 Å². The Labute approximate surface area is 140 Å². The summed E-state index contributed by atoms with van der Waals surface area (Å²) in [5.74, 6) is 1.81. The summed E-state index contributed by atoms with van der Waals surface area (Å²) in [7, 11) is 0. The topological polar surface area (TPSA) is 87.7 Å². The zero-order chi connectivity index (χ0) is 16.4. The van der Waals surface area contributed by atoms with Crippen molar-refractivity contribution in [3.8, 4) is 11.5 Å². The highest BCUT2D eigenvalue weighted by atomic mass is 16.2. The summed E-state index contributed by atoms with van der Waals surface area (Å²) in [6.07, 6.45) is 12.4. The Morgan fingerprint density at radius 3 is 2.75 bits per heavy atom. The van der Waals surface area contributed by atoms with Crippen molar-refractivity contribution in [2.75, 3.05) is 6.54 Å². The molecule has 2 aliphatic rings. The Hall–Kier alpha value is -2.31. The van der Waals surface area contributed by atoms with Gasteiger partial charge >= 0.3 is 0 Å². The second-order valence-corrected chi connectivity index (χ2v) is 6.66. The molecule has 2 aromatic heterocycles. The van der Waals surface area contributed by atoms with E-state index in [2.05, 4.69) is 25.1 Å². The first-order chi connectivity index (χ1) is 11.8. The molecule has 1 atom stereocenters. The maximum absolute atomic E-state index is 12.9. The summed E-state index contributed by atoms with van der Waals surface area (Å²) >= 11 is 0. The molecule has 0 bridgehead atoms. The summed E-state index contributed by atoms with van der Waals surface area (Å²) < 4.78 is 0. The van der Waals surface area contributed by atoms with Gasteiger partial charge in [-0.1, -0.05) is 12.8 Å². The summed E-state index contributed by atoms with van der Waals surface area (Å²) in [6.45, 7) is 0.821. The molecule has 4 rings (SSSR count). The Bertz CT molecular complexity index is 694. The standard InChI is InChI=1S/C17H22N6O/c24-17(12-5-1-2-6-12)23-10-4-3-7-14(23)16-20-15(21-22-16)13-11-18-8-9-19-13/h8-9,11-12,14H,1-7,10H2,(H,20,21,22). The lowest BCUT2D eigenvalue weighted by atomic mass is 9.98. The van der Waals surface area contributed by atoms with E-state index in [0.29, 0.717) is 17.4 Å². The predicted octanol–water partition coefficient (Wildman–Crippen LogP) is 2.51. The monoisotopic (exact) mass is 326 g/mol. The van der Waals surface area contributed by atoms with E-state index in [0.717, 1.165) is 44.5 Å². The van der Waals surface area contributed by atoms with Crippen molar-refractivity contribution in [1.82, 2.24) is 30.0 Å². The minimum absolute atomic E-state index is 0.00442. The summed E-state index contributed by atoms with van der Waals surface area (Å²) in [6, 6.07) is 0.00442. The van der Waals surface area contributed by atoms with Crippen LogP contribution in [0, 0.1) is 5.92 Å². The van der Waals surface area contributed by atoms with Gasteiger partial charge in [-0.3, -0.25) is 14.9 Å². The molecule has 0 radical (unpaired) electrons. The first-order valence-electron chi connectivity index (χ1n) is 8.82. The number of hydrogen-bond donors (Lipinski definition) is 1. The summed E-state index contributed by atoms with van der Waals surface area (Å²) in [5, 5.41) is 7.30. The normalized spacial score (nSPS) is 22.0. The van der Waals surface area contributed by atoms with Crippen LogP contribution in [0.3, 0.4) is 0 Å². The van der Waals surface area contributed by atoms with Crippen LogP contribution < -0.4 is 0 Å². The molecule has 1 amide bonds. The van der Waals surface area contributed by atoms with Gasteiger partial charge in [0.1, 0.15) is 11.5 Å². The minimum Gasteiger partial charge on any atom is -0.332 e. The molecule has 1 unspecified atom stereocenters. The largest absolute Gasteiger partial charge is 0.332 e. The Balaban J connectivity index is 1.57. The molecule has 1 saturated heterocycles. The number of H-pyrrole nitrogens is 1. The van der Waals surface area contributed by atoms with Gasteiger partial charge in [0, 0.05) is 24.9 Å². The number of piperidine rings is 1. The van der Waals surface area contributed by atoms with E-state index in [9.17, 15) is 4.79 Å². The minimum atomic E-state index is 0.00442. The van der Waals surface area contributed by atoms with E-state index in [1.807, 2.05) is 4.90 Å². The molecule has 0 spiro atoms. The highest BCUT2D eigenvalue weighted by Crippen LogP contribution is 2.34. The number of aromatic amines is 1. The maximum Gasteiger partial charge on any atom is 0.226 e. The van der Waals surface area contributed by atoms with Gasteiger partial charge in [0.25, 0.3) is 0 Å². The van der Waals surface area contributed by atoms with Gasteiger partial charge in [-0.15, -0.1) is 0 Å². The van der Waals surface area contributed by atoms with Crippen LogP contribution in [0.2, 0.25) is 0 Å². The fourth-order valence-corrected chi connectivity index (χ4v) is 3.84. The van der Waals surface area contributed by atoms with Crippen molar-refractivity contribution in [2.45, 2.75) is 51.0 Å². The Kier molecular flexibility index (Phi) is 4.23. The third-order valence-corrected chi connectivity index (χ3v) is 5.10. The van der Waals surface area contributed by atoms with Gasteiger partial charge in [-0.2, -0.15) is 5.10 Å². The molecular formula is C17H22N6O. The van der Waals surface area contributed by atoms with Crippen molar-refractivity contribution in [3.05, 3.63) is 24.4 Å². The number of likely N-dealkylation sites (tertiary alicyclic amines) is 1. The zero-order valence-electron chi connectivity index (χ0n) is 13.7. The molecule has 3 heterocycles. The van der Waals surface area contributed by atoms with E-state index in [1.165, 1.54) is 12.8 Å². The molecule has 1 aliphatic carbocycles. The fourth-order valence-electron chi connectivity index (χ4n) is 3.84. The molecule has 7 nitrogen and oxygen atoms in total. The number of carbonyl (C=O) groups excluding carboxylic acids is 1. The van der Waals surface area contributed by atoms with Gasteiger partial charge < -0.3 is 4.90 Å². The first-order valence-corrected chi connectivity index (χ1v) is 8.82. The van der Waals surface area contributed by atoms with Crippen molar-refractivity contribution >= 4 is 5.91 Å². The van der Waals surface area contributed by atoms with Crippen LogP contribution in [0.4, 0.5) is 0 Å². The molecule has 1 saturated carbocycles. The Morgan fingerprint density at radius 1 is 1.12 bits per heavy atom. The second kappa shape index (κ2) is 6.67. The van der Waals surface area contributed by atoms with Crippen LogP contribution in [-0.4, -0.2) is 42.5 Å². The van der Waals surface area contributed by atoms with Crippen molar-refractivity contribution in [2.24, 2.45) is 5.92 Å². The van der Waals surface area contributed by atoms with E-state index in [4.69, 9.17) is 0 Å². The summed E-state index contributed by atoms with van der Waals surface area (Å²) in [4.78, 5) is 27.8. The molecule has 126 valence electrons. The molecule has 2 fully saturated rings. The molecular weight excluding hydrogens is 304 g/mol. The van der Waals surface area contributed by atoms with Crippen LogP contribution >= 0.6 is 0 Å². The first kappa shape index (κ1) is 15.2. The average molecular weight is 326 g/mol. The molecule has 7 heteroatoms. The molecule has 24 heavy (non-hydrogen) atoms. The molecule has 1 N–H and O–H groups in total. The quantitative estimate of drug-likeness (QED) is 0.936. The maximum atomic E-state index is 12.9. The number of amides is 1. The van der Waals surface area contributed by atoms with Gasteiger partial charge in [0.05, 0.1) is 12.2 Å². The average Bonchev–Trinajstić information content (AvgIpc) is 3.34.